The van der Waals surface area contributed by atoms with Gasteiger partial charge >= 0.3 is 0 Å². The first-order chi connectivity index (χ1) is 28.8. The Morgan fingerprint density at radius 2 is 0.776 bits per heavy atom. The van der Waals surface area contributed by atoms with Crippen molar-refractivity contribution in [1.82, 2.24) is 28.7 Å². The van der Waals surface area contributed by atoms with Crippen molar-refractivity contribution < 1.29 is 0 Å². The summed E-state index contributed by atoms with van der Waals surface area (Å²) in [7, 11) is 0. The predicted molar refractivity (Wildman–Crippen MR) is 241 cm³/mol. The predicted octanol–water partition coefficient (Wildman–Crippen LogP) is 13.2. The number of hydrogen-bond acceptors (Lipinski definition) is 4. The Balaban J connectivity index is 1.19. The number of aromatic nitrogens is 6. The normalized spacial score (nSPS) is 12.1. The molecule has 0 radical (unpaired) electrons. The van der Waals surface area contributed by atoms with Gasteiger partial charge in [0.05, 0.1) is 33.1 Å². The van der Waals surface area contributed by atoms with Gasteiger partial charge in [-0.05, 0) is 48.5 Å². The zero-order valence-corrected chi connectivity index (χ0v) is 31.7. The summed E-state index contributed by atoms with van der Waals surface area (Å²) in [6, 6.07) is 64.8. The Bertz CT molecular complexity index is 3760. The molecule has 270 valence electrons. The second-order valence-corrected chi connectivity index (χ2v) is 15.9. The fraction of sp³-hybridized carbons (Fsp3) is 0. The minimum atomic E-state index is 0.557. The zero-order valence-electron chi connectivity index (χ0n) is 30.9. The maximum atomic E-state index is 5.50. The van der Waals surface area contributed by atoms with Gasteiger partial charge in [0.15, 0.2) is 5.82 Å². The Labute approximate surface area is 335 Å². The fourth-order valence-electron chi connectivity index (χ4n) is 9.24. The number of benzene rings is 8. The molecule has 5 aromatic heterocycles. The maximum absolute atomic E-state index is 5.50. The summed E-state index contributed by atoms with van der Waals surface area (Å²) in [4.78, 5) is 16.3. The molecule has 0 fully saturated rings. The van der Waals surface area contributed by atoms with Crippen LogP contribution in [-0.2, 0) is 0 Å². The zero-order chi connectivity index (χ0) is 37.9. The van der Waals surface area contributed by atoms with Crippen molar-refractivity contribution in [2.75, 3.05) is 0 Å². The van der Waals surface area contributed by atoms with E-state index < -0.39 is 0 Å². The highest BCUT2D eigenvalue weighted by Crippen LogP contribution is 2.42. The number of fused-ring (bicyclic) bond motifs is 13. The van der Waals surface area contributed by atoms with Gasteiger partial charge in [-0.15, -0.1) is 11.3 Å². The molecule has 6 nitrogen and oxygen atoms in total. The summed E-state index contributed by atoms with van der Waals surface area (Å²) in [6.07, 6.45) is 0. The van der Waals surface area contributed by atoms with Crippen molar-refractivity contribution in [1.29, 1.82) is 0 Å². The summed E-state index contributed by atoms with van der Waals surface area (Å²) in [5.41, 5.74) is 8.44. The summed E-state index contributed by atoms with van der Waals surface area (Å²) in [5.74, 6) is 1.74. The van der Waals surface area contributed by atoms with Crippen LogP contribution in [-0.4, -0.2) is 28.7 Å². The molecule has 13 aromatic rings. The van der Waals surface area contributed by atoms with Crippen molar-refractivity contribution in [3.05, 3.63) is 182 Å². The molecule has 0 unspecified atom stereocenters. The lowest BCUT2D eigenvalue weighted by Crippen LogP contribution is -2.10. The van der Waals surface area contributed by atoms with Gasteiger partial charge in [0.1, 0.15) is 0 Å². The van der Waals surface area contributed by atoms with E-state index in [4.69, 9.17) is 15.0 Å². The summed E-state index contributed by atoms with van der Waals surface area (Å²) in [6.45, 7) is 0. The van der Waals surface area contributed by atoms with Crippen LogP contribution in [0.2, 0.25) is 0 Å². The van der Waals surface area contributed by atoms with Crippen LogP contribution in [0, 0.1) is 0 Å². The van der Waals surface area contributed by atoms with Gasteiger partial charge < -0.3 is 4.57 Å². The Kier molecular flexibility index (Phi) is 6.50. The first kappa shape index (κ1) is 31.6. The highest BCUT2D eigenvalue weighted by molar-refractivity contribution is 7.25. The third kappa shape index (κ3) is 4.39. The maximum Gasteiger partial charge on any atom is 0.240 e. The molecule has 0 aliphatic rings. The molecule has 0 aliphatic heterocycles. The molecule has 8 aromatic carbocycles. The van der Waals surface area contributed by atoms with Crippen LogP contribution in [0.15, 0.2) is 182 Å². The van der Waals surface area contributed by atoms with Crippen LogP contribution in [0.5, 0.6) is 0 Å². The van der Waals surface area contributed by atoms with Gasteiger partial charge in [-0.2, -0.15) is 15.0 Å². The van der Waals surface area contributed by atoms with Gasteiger partial charge in [-0.25, -0.2) is 0 Å². The topological polar surface area (TPSA) is 53.5 Å². The number of thiophene rings is 1. The summed E-state index contributed by atoms with van der Waals surface area (Å²) in [5, 5.41) is 9.44. The van der Waals surface area contributed by atoms with Crippen molar-refractivity contribution in [3.63, 3.8) is 0 Å². The summed E-state index contributed by atoms with van der Waals surface area (Å²) < 4.78 is 9.33. The van der Waals surface area contributed by atoms with Crippen LogP contribution in [0.3, 0.4) is 0 Å². The molecule has 13 rings (SSSR count). The van der Waals surface area contributed by atoms with Crippen LogP contribution >= 0.6 is 11.3 Å². The Hall–Kier alpha value is -7.61. The molecule has 58 heavy (non-hydrogen) atoms. The van der Waals surface area contributed by atoms with Crippen molar-refractivity contribution in [2.45, 2.75) is 0 Å². The van der Waals surface area contributed by atoms with E-state index in [2.05, 4.69) is 196 Å². The number of para-hydroxylation sites is 5. The molecular weight excluding hydrogens is 729 g/mol. The molecule has 5 heterocycles. The first-order valence-electron chi connectivity index (χ1n) is 19.5. The first-order valence-corrected chi connectivity index (χ1v) is 20.3. The molecule has 0 bridgehead atoms. The molecule has 0 saturated heterocycles. The lowest BCUT2D eigenvalue weighted by atomic mass is 10.1. The standard InChI is InChI=1S/C51H30N6S/c1-2-14-32(15-3-1)55-41-21-9-6-18-35(41)39-28-29-40-36-19-7-12-24-44(36)57(48(40)47(39)55)51-53-49(31-26-27-38-37-20-8-13-25-45(37)58-46(38)30-31)52-50(54-51)56-42-22-10-4-16-33(42)34-17-5-11-23-43(34)56/h1-30H. The van der Waals surface area contributed by atoms with E-state index in [0.29, 0.717) is 17.7 Å². The molecule has 0 spiro atoms. The smallest absolute Gasteiger partial charge is 0.240 e. The fourth-order valence-corrected chi connectivity index (χ4v) is 10.4. The second-order valence-electron chi connectivity index (χ2n) is 14.8. The third-order valence-electron chi connectivity index (χ3n) is 11.7. The average molecular weight is 759 g/mol. The highest BCUT2D eigenvalue weighted by Gasteiger charge is 2.24. The minimum Gasteiger partial charge on any atom is -0.307 e. The highest BCUT2D eigenvalue weighted by atomic mass is 32.1. The largest absolute Gasteiger partial charge is 0.307 e. The molecule has 0 saturated carbocycles. The van der Waals surface area contributed by atoms with Crippen LogP contribution in [0.25, 0.3) is 115 Å². The molecule has 7 heteroatoms. The number of rotatable bonds is 4. The van der Waals surface area contributed by atoms with Gasteiger partial charge in [0.2, 0.25) is 11.9 Å². The van der Waals surface area contributed by atoms with Crippen molar-refractivity contribution in [3.8, 4) is 29.0 Å². The molecule has 0 amide bonds. The van der Waals surface area contributed by atoms with Crippen LogP contribution in [0.1, 0.15) is 0 Å². The number of hydrogen-bond donors (Lipinski definition) is 0. The van der Waals surface area contributed by atoms with E-state index in [9.17, 15) is 0 Å². The minimum absolute atomic E-state index is 0.557. The lowest BCUT2D eigenvalue weighted by molar-refractivity contribution is 0.893. The van der Waals surface area contributed by atoms with E-state index in [-0.39, 0.29) is 0 Å². The van der Waals surface area contributed by atoms with Gasteiger partial charge in [-0.1, -0.05) is 133 Å². The average Bonchev–Trinajstić information content (AvgIpc) is 4.03. The second kappa shape index (κ2) is 11.9. The van der Waals surface area contributed by atoms with E-state index >= 15 is 0 Å². The van der Waals surface area contributed by atoms with E-state index in [0.717, 1.165) is 65.9 Å². The SMILES string of the molecule is c1ccc(-n2c3ccccc3c3ccc4c5ccccc5n(-c5nc(-c6ccc7c(c6)sc6ccccc67)nc(-n6c7ccccc7c7ccccc76)n5)c4c32)cc1. The molecule has 0 N–H and O–H groups in total. The molecule has 0 atom stereocenters. The van der Waals surface area contributed by atoms with Crippen molar-refractivity contribution >= 4 is 96.9 Å². The lowest BCUT2D eigenvalue weighted by Gasteiger charge is -2.14. The number of nitrogens with zero attached hydrogens (tertiary/aromatic N) is 6. The quantitative estimate of drug-likeness (QED) is 0.180. The van der Waals surface area contributed by atoms with Crippen molar-refractivity contribution in [2.24, 2.45) is 0 Å². The third-order valence-corrected chi connectivity index (χ3v) is 12.8. The van der Waals surface area contributed by atoms with Gasteiger partial charge in [0, 0.05) is 63.7 Å². The van der Waals surface area contributed by atoms with Gasteiger partial charge in [-0.3, -0.25) is 9.13 Å². The van der Waals surface area contributed by atoms with E-state index in [1.165, 1.54) is 30.9 Å². The van der Waals surface area contributed by atoms with Crippen LogP contribution < -0.4 is 0 Å². The molecule has 0 aliphatic carbocycles. The Morgan fingerprint density at radius 3 is 1.41 bits per heavy atom. The van der Waals surface area contributed by atoms with E-state index in [1.54, 1.807) is 11.3 Å². The van der Waals surface area contributed by atoms with Gasteiger partial charge in [0.25, 0.3) is 0 Å². The van der Waals surface area contributed by atoms with E-state index in [1.807, 2.05) is 0 Å². The summed E-state index contributed by atoms with van der Waals surface area (Å²) >= 11 is 1.80. The van der Waals surface area contributed by atoms with Crippen LogP contribution in [0.4, 0.5) is 0 Å². The molecular formula is C51H30N6S. The Morgan fingerprint density at radius 1 is 0.328 bits per heavy atom. The monoisotopic (exact) mass is 758 g/mol.